The molecule has 1 aliphatic rings. The van der Waals surface area contributed by atoms with E-state index >= 15 is 0 Å². The summed E-state index contributed by atoms with van der Waals surface area (Å²) in [6, 6.07) is 14.9. The van der Waals surface area contributed by atoms with Gasteiger partial charge >= 0.3 is 0 Å². The Bertz CT molecular complexity index is 682. The van der Waals surface area contributed by atoms with E-state index < -0.39 is 0 Å². The van der Waals surface area contributed by atoms with Crippen LogP contribution in [0.2, 0.25) is 0 Å². The maximum absolute atomic E-state index is 10.5. The number of hydrogen-bond acceptors (Lipinski definition) is 2. The topological polar surface area (TPSA) is 26.3 Å². The minimum Gasteiger partial charge on any atom is -0.486 e. The molecule has 24 heavy (non-hydrogen) atoms. The second-order valence-electron chi connectivity index (χ2n) is 6.77. The quantitative estimate of drug-likeness (QED) is 0.523. The molecule has 0 unspecified atom stereocenters. The molecule has 0 aliphatic heterocycles. The van der Waals surface area contributed by atoms with Gasteiger partial charge in [0.1, 0.15) is 12.4 Å². The predicted molar refractivity (Wildman–Crippen MR) is 98.6 cm³/mol. The molecule has 0 spiro atoms. The van der Waals surface area contributed by atoms with E-state index in [-0.39, 0.29) is 6.61 Å². The van der Waals surface area contributed by atoms with Crippen molar-refractivity contribution < 1.29 is 9.53 Å². The third-order valence-corrected chi connectivity index (χ3v) is 5.04. The number of ether oxygens (including phenoxy) is 1. The Morgan fingerprint density at radius 1 is 1.04 bits per heavy atom. The standard InChI is InChI=1S/C22H26O2/c1-17-15-19(18-7-4-2-3-5-8-18)11-12-22(17)20-9-6-10-21(16-20)24-14-13-23/h6,9-13,15-16,18H,2-5,7-8,14H2,1H3. The average Bonchev–Trinajstić information content (AvgIpc) is 2.89. The van der Waals surface area contributed by atoms with Crippen molar-refractivity contribution in [2.75, 3.05) is 6.61 Å². The van der Waals surface area contributed by atoms with Crippen molar-refractivity contribution >= 4 is 6.29 Å². The van der Waals surface area contributed by atoms with Crippen LogP contribution in [-0.4, -0.2) is 12.9 Å². The first-order valence-corrected chi connectivity index (χ1v) is 9.05. The van der Waals surface area contributed by atoms with Gasteiger partial charge < -0.3 is 4.74 Å². The lowest BCUT2D eigenvalue weighted by molar-refractivity contribution is -0.109. The molecule has 126 valence electrons. The molecule has 1 fully saturated rings. The van der Waals surface area contributed by atoms with Gasteiger partial charge in [-0.2, -0.15) is 0 Å². The Labute approximate surface area is 144 Å². The van der Waals surface area contributed by atoms with Crippen LogP contribution in [0.4, 0.5) is 0 Å². The van der Waals surface area contributed by atoms with Crippen LogP contribution in [0.5, 0.6) is 5.75 Å². The van der Waals surface area contributed by atoms with E-state index in [4.69, 9.17) is 4.74 Å². The van der Waals surface area contributed by atoms with Crippen LogP contribution < -0.4 is 4.74 Å². The van der Waals surface area contributed by atoms with Gasteiger partial charge in [-0.25, -0.2) is 0 Å². The summed E-state index contributed by atoms with van der Waals surface area (Å²) in [5, 5.41) is 0. The number of aldehydes is 1. The molecule has 2 aromatic carbocycles. The van der Waals surface area contributed by atoms with Gasteiger partial charge in [0.2, 0.25) is 0 Å². The molecule has 0 saturated heterocycles. The molecule has 2 heteroatoms. The molecule has 2 nitrogen and oxygen atoms in total. The summed E-state index contributed by atoms with van der Waals surface area (Å²) in [5.41, 5.74) is 5.18. The van der Waals surface area contributed by atoms with E-state index in [1.807, 2.05) is 18.2 Å². The molecule has 3 rings (SSSR count). The highest BCUT2D eigenvalue weighted by Crippen LogP contribution is 2.34. The smallest absolute Gasteiger partial charge is 0.157 e. The van der Waals surface area contributed by atoms with Crippen LogP contribution in [-0.2, 0) is 4.79 Å². The number of carbonyl (C=O) groups is 1. The van der Waals surface area contributed by atoms with Gasteiger partial charge in [0.15, 0.2) is 6.29 Å². The van der Waals surface area contributed by atoms with Crippen LogP contribution in [0.15, 0.2) is 42.5 Å². The SMILES string of the molecule is Cc1cc(C2CCCCCC2)ccc1-c1cccc(OCC=O)c1. The highest BCUT2D eigenvalue weighted by molar-refractivity contribution is 5.69. The maximum atomic E-state index is 10.5. The lowest BCUT2D eigenvalue weighted by Gasteiger charge is -2.17. The molecule has 0 aromatic heterocycles. The first kappa shape index (κ1) is 16.8. The Morgan fingerprint density at radius 2 is 1.83 bits per heavy atom. The first-order valence-electron chi connectivity index (χ1n) is 9.05. The van der Waals surface area contributed by atoms with Crippen molar-refractivity contribution in [2.45, 2.75) is 51.4 Å². The fourth-order valence-electron chi connectivity index (χ4n) is 3.76. The third-order valence-electron chi connectivity index (χ3n) is 5.04. The third kappa shape index (κ3) is 4.05. The number of aryl methyl sites for hydroxylation is 1. The van der Waals surface area contributed by atoms with Gasteiger partial charge in [0, 0.05) is 0 Å². The highest BCUT2D eigenvalue weighted by Gasteiger charge is 2.15. The van der Waals surface area contributed by atoms with Crippen molar-refractivity contribution in [3.05, 3.63) is 53.6 Å². The molecule has 0 bridgehead atoms. The monoisotopic (exact) mass is 322 g/mol. The van der Waals surface area contributed by atoms with Gasteiger partial charge in [-0.1, -0.05) is 56.0 Å². The zero-order valence-electron chi connectivity index (χ0n) is 14.5. The summed E-state index contributed by atoms with van der Waals surface area (Å²) in [4.78, 5) is 10.5. The minimum atomic E-state index is 0.100. The average molecular weight is 322 g/mol. The molecule has 0 radical (unpaired) electrons. The Kier molecular flexibility index (Phi) is 5.68. The zero-order valence-corrected chi connectivity index (χ0v) is 14.5. The number of carbonyl (C=O) groups excluding carboxylic acids is 1. The lowest BCUT2D eigenvalue weighted by atomic mass is 9.88. The van der Waals surface area contributed by atoms with E-state index in [0.717, 1.165) is 23.5 Å². The van der Waals surface area contributed by atoms with Crippen LogP contribution in [0, 0.1) is 6.92 Å². The summed E-state index contributed by atoms with van der Waals surface area (Å²) in [6.45, 7) is 2.29. The summed E-state index contributed by atoms with van der Waals surface area (Å²) in [7, 11) is 0. The van der Waals surface area contributed by atoms with Gasteiger partial charge in [-0.3, -0.25) is 4.79 Å². The molecular formula is C22H26O2. The van der Waals surface area contributed by atoms with Gasteiger partial charge in [-0.15, -0.1) is 0 Å². The fraction of sp³-hybridized carbons (Fsp3) is 0.409. The molecule has 2 aromatic rings. The van der Waals surface area contributed by atoms with Crippen molar-refractivity contribution in [3.63, 3.8) is 0 Å². The fourth-order valence-corrected chi connectivity index (χ4v) is 3.76. The van der Waals surface area contributed by atoms with Gasteiger partial charge in [0.05, 0.1) is 0 Å². The van der Waals surface area contributed by atoms with Gasteiger partial charge in [0.25, 0.3) is 0 Å². The zero-order chi connectivity index (χ0) is 16.8. The number of benzene rings is 2. The van der Waals surface area contributed by atoms with E-state index in [1.165, 1.54) is 55.2 Å². The van der Waals surface area contributed by atoms with Crippen molar-refractivity contribution in [2.24, 2.45) is 0 Å². The lowest BCUT2D eigenvalue weighted by Crippen LogP contribution is -1.99. The van der Waals surface area contributed by atoms with E-state index in [9.17, 15) is 4.79 Å². The van der Waals surface area contributed by atoms with E-state index in [2.05, 4.69) is 31.2 Å². The van der Waals surface area contributed by atoms with Crippen LogP contribution in [0.3, 0.4) is 0 Å². The summed E-state index contributed by atoms with van der Waals surface area (Å²) in [5.74, 6) is 1.47. The Balaban J connectivity index is 1.83. The van der Waals surface area contributed by atoms with Crippen LogP contribution in [0.1, 0.15) is 55.6 Å². The van der Waals surface area contributed by atoms with Gasteiger partial charge in [-0.05, 0) is 60.1 Å². The second-order valence-corrected chi connectivity index (χ2v) is 6.77. The van der Waals surface area contributed by atoms with E-state index in [1.54, 1.807) is 0 Å². The summed E-state index contributed by atoms with van der Waals surface area (Å²) in [6.07, 6.45) is 8.94. The van der Waals surface area contributed by atoms with Crippen LogP contribution >= 0.6 is 0 Å². The molecule has 1 saturated carbocycles. The molecular weight excluding hydrogens is 296 g/mol. The molecule has 0 heterocycles. The molecule has 0 N–H and O–H groups in total. The summed E-state index contributed by atoms with van der Waals surface area (Å²) >= 11 is 0. The largest absolute Gasteiger partial charge is 0.486 e. The Hall–Kier alpha value is -2.09. The van der Waals surface area contributed by atoms with Crippen molar-refractivity contribution in [3.8, 4) is 16.9 Å². The summed E-state index contributed by atoms with van der Waals surface area (Å²) < 4.78 is 5.42. The normalized spacial score (nSPS) is 15.7. The van der Waals surface area contributed by atoms with Crippen LogP contribution in [0.25, 0.3) is 11.1 Å². The predicted octanol–water partition coefficient (Wildman–Crippen LogP) is 5.68. The number of hydrogen-bond donors (Lipinski definition) is 0. The first-order chi connectivity index (χ1) is 11.8. The molecule has 1 aliphatic carbocycles. The van der Waals surface area contributed by atoms with Crippen molar-refractivity contribution in [1.29, 1.82) is 0 Å². The van der Waals surface area contributed by atoms with E-state index in [0.29, 0.717) is 0 Å². The highest BCUT2D eigenvalue weighted by atomic mass is 16.5. The molecule has 0 atom stereocenters. The minimum absolute atomic E-state index is 0.100. The maximum Gasteiger partial charge on any atom is 0.157 e. The Morgan fingerprint density at radius 3 is 2.54 bits per heavy atom. The number of rotatable bonds is 5. The second kappa shape index (κ2) is 8.14. The van der Waals surface area contributed by atoms with Crippen molar-refractivity contribution in [1.82, 2.24) is 0 Å². The molecule has 0 amide bonds.